The average molecular weight is 469 g/mol. The molecule has 0 spiro atoms. The van der Waals surface area contributed by atoms with Crippen LogP contribution in [0.1, 0.15) is 12.5 Å². The molecule has 0 aromatic heterocycles. The van der Waals surface area contributed by atoms with Crippen LogP contribution >= 0.6 is 0 Å². The van der Waals surface area contributed by atoms with Crippen molar-refractivity contribution in [3.8, 4) is 5.75 Å². The fourth-order valence-corrected chi connectivity index (χ4v) is 4.55. The number of hydrogen-bond acceptors (Lipinski definition) is 5. The highest BCUT2D eigenvalue weighted by Gasteiger charge is 2.27. The second-order valence-electron chi connectivity index (χ2n) is 7.14. The summed E-state index contributed by atoms with van der Waals surface area (Å²) in [4.78, 5) is 12.7. The zero-order chi connectivity index (χ0) is 23.5. The Balaban J connectivity index is 1.63. The molecule has 0 aliphatic rings. The Kier molecular flexibility index (Phi) is 8.86. The number of carbonyl (C=O) groups excluding carboxylic acids is 1. The topological polar surface area (TPSA) is 84.9 Å². The molecule has 0 bridgehead atoms. The number of nitrogens with one attached hydrogen (secondary N) is 1. The summed E-state index contributed by atoms with van der Waals surface area (Å²) in [6.45, 7) is 3.02. The first kappa shape index (κ1) is 24.3. The predicted molar refractivity (Wildman–Crippen MR) is 128 cm³/mol. The highest BCUT2D eigenvalue weighted by molar-refractivity contribution is 7.92. The van der Waals surface area contributed by atoms with Crippen LogP contribution in [0.15, 0.2) is 89.8 Å². The molecular formula is C25H28N2O5S. The van der Waals surface area contributed by atoms with E-state index in [0.29, 0.717) is 31.3 Å². The van der Waals surface area contributed by atoms with E-state index in [4.69, 9.17) is 9.47 Å². The molecule has 3 aromatic rings. The van der Waals surface area contributed by atoms with Crippen LogP contribution < -0.4 is 14.4 Å². The van der Waals surface area contributed by atoms with Gasteiger partial charge in [0.15, 0.2) is 0 Å². The molecule has 7 nitrogen and oxygen atoms in total. The number of carbonyl (C=O) groups is 1. The van der Waals surface area contributed by atoms with Gasteiger partial charge in [0.2, 0.25) is 5.91 Å². The molecule has 0 atom stereocenters. The quantitative estimate of drug-likeness (QED) is 0.411. The largest absolute Gasteiger partial charge is 0.494 e. The van der Waals surface area contributed by atoms with Crippen LogP contribution in [0.5, 0.6) is 5.75 Å². The van der Waals surface area contributed by atoms with Gasteiger partial charge in [-0.25, -0.2) is 8.42 Å². The molecule has 3 aromatic carbocycles. The van der Waals surface area contributed by atoms with Crippen molar-refractivity contribution in [2.45, 2.75) is 18.4 Å². The second-order valence-corrected chi connectivity index (χ2v) is 9.00. The first-order chi connectivity index (χ1) is 16.0. The van der Waals surface area contributed by atoms with Crippen LogP contribution in [0.2, 0.25) is 0 Å². The molecular weight excluding hydrogens is 440 g/mol. The molecule has 0 saturated heterocycles. The average Bonchev–Trinajstić information content (AvgIpc) is 2.84. The summed E-state index contributed by atoms with van der Waals surface area (Å²) in [5, 5.41) is 2.73. The van der Waals surface area contributed by atoms with Gasteiger partial charge in [-0.15, -0.1) is 0 Å². The summed E-state index contributed by atoms with van der Waals surface area (Å²) in [5.74, 6) is 0.160. The lowest BCUT2D eigenvalue weighted by molar-refractivity contribution is -0.119. The fourth-order valence-electron chi connectivity index (χ4n) is 3.12. The first-order valence-corrected chi connectivity index (χ1v) is 12.1. The van der Waals surface area contributed by atoms with Gasteiger partial charge < -0.3 is 14.8 Å². The van der Waals surface area contributed by atoms with E-state index < -0.39 is 15.9 Å². The number of ether oxygens (including phenoxy) is 2. The molecule has 3 rings (SSSR count). The smallest absolute Gasteiger partial charge is 0.264 e. The highest BCUT2D eigenvalue weighted by Crippen LogP contribution is 2.25. The third-order valence-electron chi connectivity index (χ3n) is 4.73. The lowest BCUT2D eigenvalue weighted by atomic mass is 10.2. The Morgan fingerprint density at radius 1 is 0.909 bits per heavy atom. The molecule has 0 aliphatic heterocycles. The van der Waals surface area contributed by atoms with Crippen molar-refractivity contribution < 1.29 is 22.7 Å². The van der Waals surface area contributed by atoms with Crippen LogP contribution in [-0.4, -0.2) is 40.6 Å². The van der Waals surface area contributed by atoms with Gasteiger partial charge in [0.05, 0.1) is 30.4 Å². The zero-order valence-electron chi connectivity index (χ0n) is 18.5. The summed E-state index contributed by atoms with van der Waals surface area (Å²) in [5.41, 5.74) is 1.45. The van der Waals surface area contributed by atoms with E-state index in [1.807, 2.05) is 37.3 Å². The fraction of sp³-hybridized carbons (Fsp3) is 0.240. The molecule has 0 saturated carbocycles. The number of anilines is 1. The molecule has 0 fully saturated rings. The van der Waals surface area contributed by atoms with Crippen LogP contribution in [0.3, 0.4) is 0 Å². The van der Waals surface area contributed by atoms with Crippen molar-refractivity contribution >= 4 is 21.6 Å². The Morgan fingerprint density at radius 2 is 1.55 bits per heavy atom. The van der Waals surface area contributed by atoms with Gasteiger partial charge in [-0.1, -0.05) is 48.5 Å². The molecule has 0 heterocycles. The molecule has 0 aliphatic carbocycles. The van der Waals surface area contributed by atoms with Crippen molar-refractivity contribution in [1.29, 1.82) is 0 Å². The van der Waals surface area contributed by atoms with Gasteiger partial charge in [0, 0.05) is 6.54 Å². The predicted octanol–water partition coefficient (Wildman–Crippen LogP) is 3.61. The van der Waals surface area contributed by atoms with Gasteiger partial charge in [-0.05, 0) is 48.9 Å². The maximum atomic E-state index is 13.4. The number of benzene rings is 3. The van der Waals surface area contributed by atoms with E-state index in [0.717, 1.165) is 9.87 Å². The normalized spacial score (nSPS) is 11.1. The summed E-state index contributed by atoms with van der Waals surface area (Å²) >= 11 is 0. The molecule has 174 valence electrons. The molecule has 8 heteroatoms. The maximum absolute atomic E-state index is 13.4. The lowest BCUT2D eigenvalue weighted by Crippen LogP contribution is -2.41. The van der Waals surface area contributed by atoms with Crippen molar-refractivity contribution in [3.05, 3.63) is 90.5 Å². The van der Waals surface area contributed by atoms with Crippen LogP contribution in [0, 0.1) is 0 Å². The number of amides is 1. The minimum atomic E-state index is -3.97. The van der Waals surface area contributed by atoms with Crippen LogP contribution in [0.4, 0.5) is 5.69 Å². The highest BCUT2D eigenvalue weighted by atomic mass is 32.2. The van der Waals surface area contributed by atoms with E-state index in [1.165, 1.54) is 12.1 Å². The van der Waals surface area contributed by atoms with E-state index in [2.05, 4.69) is 5.32 Å². The van der Waals surface area contributed by atoms with Gasteiger partial charge in [-0.3, -0.25) is 9.10 Å². The third kappa shape index (κ3) is 7.06. The number of hydrogen-bond donors (Lipinski definition) is 1. The van der Waals surface area contributed by atoms with Gasteiger partial charge in [0.1, 0.15) is 12.3 Å². The summed E-state index contributed by atoms with van der Waals surface area (Å²) in [7, 11) is -3.97. The number of para-hydroxylation sites is 1. The van der Waals surface area contributed by atoms with Crippen molar-refractivity contribution in [3.63, 3.8) is 0 Å². The van der Waals surface area contributed by atoms with Crippen molar-refractivity contribution in [2.75, 3.05) is 30.6 Å². The van der Waals surface area contributed by atoms with E-state index in [-0.39, 0.29) is 18.0 Å². The molecule has 1 N–H and O–H groups in total. The molecule has 0 unspecified atom stereocenters. The van der Waals surface area contributed by atoms with Gasteiger partial charge >= 0.3 is 0 Å². The van der Waals surface area contributed by atoms with Crippen molar-refractivity contribution in [1.82, 2.24) is 5.32 Å². The van der Waals surface area contributed by atoms with E-state index in [9.17, 15) is 13.2 Å². The zero-order valence-corrected chi connectivity index (χ0v) is 19.3. The summed E-state index contributed by atoms with van der Waals surface area (Å²) < 4.78 is 38.8. The Hall–Kier alpha value is -3.36. The standard InChI is InChI=1S/C25H28N2O5S/c1-2-32-23-13-15-24(16-14-23)33(29,30)27(22-11-7-4-8-12-22)19-25(28)26-17-18-31-20-21-9-5-3-6-10-21/h3-16H,2,17-20H2,1H3,(H,26,28). The Bertz CT molecular complexity index is 1100. The van der Waals surface area contributed by atoms with Crippen LogP contribution in [0.25, 0.3) is 0 Å². The van der Waals surface area contributed by atoms with Gasteiger partial charge in [0.25, 0.3) is 10.0 Å². The number of nitrogens with zero attached hydrogens (tertiary/aromatic N) is 1. The van der Waals surface area contributed by atoms with Crippen LogP contribution in [-0.2, 0) is 26.2 Å². The molecule has 0 radical (unpaired) electrons. The monoisotopic (exact) mass is 468 g/mol. The minimum absolute atomic E-state index is 0.0776. The van der Waals surface area contributed by atoms with E-state index in [1.54, 1.807) is 42.5 Å². The number of sulfonamides is 1. The SMILES string of the molecule is CCOc1ccc(S(=O)(=O)N(CC(=O)NCCOCc2ccccc2)c2ccccc2)cc1. The lowest BCUT2D eigenvalue weighted by Gasteiger charge is -2.24. The van der Waals surface area contributed by atoms with Gasteiger partial charge in [-0.2, -0.15) is 0 Å². The molecule has 33 heavy (non-hydrogen) atoms. The van der Waals surface area contributed by atoms with Crippen molar-refractivity contribution in [2.24, 2.45) is 0 Å². The van der Waals surface area contributed by atoms with E-state index >= 15 is 0 Å². The maximum Gasteiger partial charge on any atom is 0.264 e. The minimum Gasteiger partial charge on any atom is -0.494 e. The summed E-state index contributed by atoms with van der Waals surface area (Å²) in [6, 6.07) is 24.4. The summed E-state index contributed by atoms with van der Waals surface area (Å²) in [6.07, 6.45) is 0. The number of rotatable bonds is 12. The second kappa shape index (κ2) is 12.0. The molecule has 1 amide bonds. The Labute approximate surface area is 195 Å². The third-order valence-corrected chi connectivity index (χ3v) is 6.52. The Morgan fingerprint density at radius 3 is 2.18 bits per heavy atom. The first-order valence-electron chi connectivity index (χ1n) is 10.7.